The Morgan fingerprint density at radius 1 is 0.975 bits per heavy atom. The van der Waals surface area contributed by atoms with Crippen LogP contribution in [-0.4, -0.2) is 41.0 Å². The van der Waals surface area contributed by atoms with E-state index in [2.05, 4.69) is 29.0 Å². The molecule has 1 N–H and O–H groups in total. The Morgan fingerprint density at radius 3 is 2.27 bits per heavy atom. The Kier molecular flexibility index (Phi) is 8.07. The van der Waals surface area contributed by atoms with Gasteiger partial charge in [0.1, 0.15) is 5.70 Å². The maximum absolute atomic E-state index is 13.5. The highest BCUT2D eigenvalue weighted by Crippen LogP contribution is 2.30. The number of aromatic nitrogens is 2. The normalized spacial score (nSPS) is 14.1. The highest BCUT2D eigenvalue weighted by atomic mass is 32.2. The van der Waals surface area contributed by atoms with Crippen LogP contribution in [0.1, 0.15) is 29.9 Å². The van der Waals surface area contributed by atoms with Gasteiger partial charge < -0.3 is 4.90 Å². The van der Waals surface area contributed by atoms with E-state index in [1.807, 2.05) is 60.7 Å². The van der Waals surface area contributed by atoms with Gasteiger partial charge in [-0.2, -0.15) is 0 Å². The lowest BCUT2D eigenvalue weighted by molar-refractivity contribution is -0.672. The number of para-hydroxylation sites is 2. The van der Waals surface area contributed by atoms with E-state index in [0.29, 0.717) is 16.5 Å². The third-order valence-electron chi connectivity index (χ3n) is 6.43. The molecule has 0 saturated carbocycles. The van der Waals surface area contributed by atoms with Crippen molar-refractivity contribution in [2.45, 2.75) is 13.8 Å². The fourth-order valence-corrected chi connectivity index (χ4v) is 5.27. The highest BCUT2D eigenvalue weighted by molar-refractivity contribution is 8.14. The number of hydrogen-bond donors (Lipinski definition) is 1. The average Bonchev–Trinajstić information content (AvgIpc) is 3.53. The fourth-order valence-electron chi connectivity index (χ4n) is 4.39. The van der Waals surface area contributed by atoms with Crippen molar-refractivity contribution in [2.75, 3.05) is 28.6 Å². The minimum Gasteiger partial charge on any atom is -0.372 e. The van der Waals surface area contributed by atoms with Crippen molar-refractivity contribution in [3.8, 4) is 5.69 Å². The lowest BCUT2D eigenvalue weighted by Gasteiger charge is -2.20. The number of thioether (sulfide) groups is 1. The number of rotatable bonds is 9. The summed E-state index contributed by atoms with van der Waals surface area (Å²) in [6.45, 7) is 6.02. The number of ketones is 1. The van der Waals surface area contributed by atoms with Gasteiger partial charge in [-0.05, 0) is 59.7 Å². The first-order valence-corrected chi connectivity index (χ1v) is 13.9. The van der Waals surface area contributed by atoms with Gasteiger partial charge in [-0.1, -0.05) is 60.3 Å². The van der Waals surface area contributed by atoms with Gasteiger partial charge in [0, 0.05) is 30.9 Å². The van der Waals surface area contributed by atoms with Gasteiger partial charge in [0.2, 0.25) is 11.5 Å². The van der Waals surface area contributed by atoms with Crippen LogP contribution in [-0.2, 0) is 4.79 Å². The largest absolute Gasteiger partial charge is 0.438 e. The molecule has 40 heavy (non-hydrogen) atoms. The molecule has 2 heterocycles. The van der Waals surface area contributed by atoms with E-state index < -0.39 is 11.4 Å². The first kappa shape index (κ1) is 26.9. The summed E-state index contributed by atoms with van der Waals surface area (Å²) >= 11 is 1.09. The summed E-state index contributed by atoms with van der Waals surface area (Å²) in [6, 6.07) is 26.0. The molecule has 0 spiro atoms. The second kappa shape index (κ2) is 12.0. The number of aliphatic imine (C=N–C) groups is 1. The van der Waals surface area contributed by atoms with E-state index in [1.54, 1.807) is 30.3 Å². The second-order valence-corrected chi connectivity index (χ2v) is 9.82. The highest BCUT2D eigenvalue weighted by Gasteiger charge is 2.35. The van der Waals surface area contributed by atoms with Crippen LogP contribution in [0.2, 0.25) is 0 Å². The van der Waals surface area contributed by atoms with Crippen molar-refractivity contribution in [3.05, 3.63) is 112 Å². The van der Waals surface area contributed by atoms with Crippen LogP contribution in [0.4, 0.5) is 11.4 Å². The van der Waals surface area contributed by atoms with Gasteiger partial charge in [-0.15, -0.1) is 0 Å². The number of H-pyrrole nitrogens is 1. The van der Waals surface area contributed by atoms with E-state index in [9.17, 15) is 14.4 Å². The standard InChI is InChI=1S/C30H27N5O4S/c1-3-33(4-2)22-17-15-21(16-18-22)19-25-28(37)34(23-11-7-5-8-12-23)30(31-25)40-20-26(36)27-29(38)39-32-35(27)24-13-9-6-10-14-24/h5-19H,3-4,20H2,1-2H3/p+1/b25-19+. The molecule has 3 aromatic carbocycles. The quantitative estimate of drug-likeness (QED) is 0.186. The number of amidine groups is 1. The molecule has 0 atom stereocenters. The molecule has 1 amide bonds. The van der Waals surface area contributed by atoms with Crippen molar-refractivity contribution in [1.82, 2.24) is 5.27 Å². The minimum absolute atomic E-state index is 0.128. The zero-order valence-corrected chi connectivity index (χ0v) is 22.9. The van der Waals surface area contributed by atoms with Gasteiger partial charge in [0.05, 0.1) is 11.4 Å². The summed E-state index contributed by atoms with van der Waals surface area (Å²) < 4.78 is 6.23. The first-order chi connectivity index (χ1) is 19.5. The predicted molar refractivity (Wildman–Crippen MR) is 157 cm³/mol. The Bertz CT molecular complexity index is 1620. The third kappa shape index (κ3) is 5.52. The van der Waals surface area contributed by atoms with Crippen molar-refractivity contribution < 1.29 is 18.8 Å². The van der Waals surface area contributed by atoms with Gasteiger partial charge in [0.15, 0.2) is 5.17 Å². The second-order valence-electron chi connectivity index (χ2n) is 8.88. The number of nitrogens with zero attached hydrogens (tertiary/aromatic N) is 4. The molecule has 4 aromatic rings. The molecule has 1 aliphatic rings. The summed E-state index contributed by atoms with van der Waals surface area (Å²) in [5, 5.41) is 2.83. The molecule has 0 radical (unpaired) electrons. The number of nitrogens with one attached hydrogen (secondary N) is 1. The fraction of sp³-hybridized carbons (Fsp3) is 0.167. The Balaban J connectivity index is 1.42. The van der Waals surface area contributed by atoms with Crippen LogP contribution in [0.5, 0.6) is 0 Å². The lowest BCUT2D eigenvalue weighted by Crippen LogP contribution is -2.41. The van der Waals surface area contributed by atoms with Crippen LogP contribution in [0, 0.1) is 0 Å². The topological polar surface area (TPSA) is 103 Å². The van der Waals surface area contributed by atoms with Gasteiger partial charge >= 0.3 is 11.3 Å². The number of benzene rings is 3. The van der Waals surface area contributed by atoms with Crippen LogP contribution in [0.3, 0.4) is 0 Å². The molecule has 202 valence electrons. The average molecular weight is 555 g/mol. The lowest BCUT2D eigenvalue weighted by atomic mass is 10.1. The van der Waals surface area contributed by atoms with E-state index in [1.165, 1.54) is 9.58 Å². The molecule has 0 saturated heterocycles. The number of anilines is 2. The smallest absolute Gasteiger partial charge is 0.372 e. The zero-order valence-electron chi connectivity index (χ0n) is 22.1. The van der Waals surface area contributed by atoms with Crippen molar-refractivity contribution in [1.29, 1.82) is 0 Å². The Morgan fingerprint density at radius 2 is 1.62 bits per heavy atom. The summed E-state index contributed by atoms with van der Waals surface area (Å²) in [6.07, 6.45) is 1.74. The number of hydrogen-bond acceptors (Lipinski definition) is 7. The number of carbonyl (C=O) groups is 2. The molecule has 1 aromatic heterocycles. The van der Waals surface area contributed by atoms with Crippen LogP contribution in [0.15, 0.2) is 105 Å². The molecular weight excluding hydrogens is 526 g/mol. The Labute approximate surface area is 235 Å². The molecule has 0 aliphatic carbocycles. The Hall–Kier alpha value is -4.70. The van der Waals surface area contributed by atoms with Gasteiger partial charge in [0.25, 0.3) is 5.91 Å². The van der Waals surface area contributed by atoms with E-state index in [-0.39, 0.29) is 23.1 Å². The summed E-state index contributed by atoms with van der Waals surface area (Å²) in [4.78, 5) is 47.5. The summed E-state index contributed by atoms with van der Waals surface area (Å²) in [5.74, 6) is -0.887. The maximum atomic E-state index is 13.5. The number of carbonyl (C=O) groups excluding carboxylic acids is 2. The number of Topliss-reactive ketones (excluding diaryl/α,β-unsaturated/α-hetero) is 1. The van der Waals surface area contributed by atoms with Crippen molar-refractivity contribution in [2.24, 2.45) is 4.99 Å². The predicted octanol–water partition coefficient (Wildman–Crippen LogP) is 4.45. The molecule has 10 heteroatoms. The number of aromatic amines is 1. The molecule has 0 bridgehead atoms. The third-order valence-corrected chi connectivity index (χ3v) is 7.37. The molecule has 0 fully saturated rings. The van der Waals surface area contributed by atoms with E-state index >= 15 is 0 Å². The van der Waals surface area contributed by atoms with Crippen molar-refractivity contribution >= 4 is 46.1 Å². The summed E-state index contributed by atoms with van der Waals surface area (Å²) in [7, 11) is 0. The maximum Gasteiger partial charge on any atom is 0.438 e. The van der Waals surface area contributed by atoms with Crippen molar-refractivity contribution in [3.63, 3.8) is 0 Å². The van der Waals surface area contributed by atoms with E-state index in [4.69, 9.17) is 4.52 Å². The van der Waals surface area contributed by atoms with Crippen LogP contribution in [0.25, 0.3) is 11.8 Å². The summed E-state index contributed by atoms with van der Waals surface area (Å²) in [5.41, 5.74) is 2.51. The molecule has 5 rings (SSSR count). The minimum atomic E-state index is -0.771. The van der Waals surface area contributed by atoms with Gasteiger partial charge in [-0.25, -0.2) is 9.79 Å². The molecule has 9 nitrogen and oxygen atoms in total. The SMILES string of the molecule is CCN(CC)c1ccc(/C=C2/N=C(SCC(=O)c3c(=O)o[nH][n+]3-c3ccccc3)N(c3ccccc3)C2=O)cc1. The molecule has 1 aliphatic heterocycles. The molecule has 0 unspecified atom stereocenters. The zero-order chi connectivity index (χ0) is 28.1. The molecular formula is C30H28N5O4S+. The number of amides is 1. The van der Waals surface area contributed by atoms with Gasteiger partial charge in [-0.3, -0.25) is 19.0 Å². The van der Waals surface area contributed by atoms with E-state index in [0.717, 1.165) is 36.1 Å². The first-order valence-electron chi connectivity index (χ1n) is 12.9. The monoisotopic (exact) mass is 554 g/mol. The van der Waals surface area contributed by atoms with Crippen LogP contribution >= 0.6 is 11.8 Å². The van der Waals surface area contributed by atoms with Crippen LogP contribution < -0.4 is 20.1 Å².